The first kappa shape index (κ1) is 18.2. The molecule has 0 bridgehead atoms. The van der Waals surface area contributed by atoms with Crippen LogP contribution in [0.2, 0.25) is 0 Å². The molecule has 1 fully saturated rings. The average molecular weight is 388 g/mol. The van der Waals surface area contributed by atoms with Crippen LogP contribution in [0.1, 0.15) is 28.7 Å². The van der Waals surface area contributed by atoms with Gasteiger partial charge in [-0.15, -0.1) is 0 Å². The summed E-state index contributed by atoms with van der Waals surface area (Å²) in [6, 6.07) is 5.80. The summed E-state index contributed by atoms with van der Waals surface area (Å²) < 4.78 is 15.7. The summed E-state index contributed by atoms with van der Waals surface area (Å²) in [5.74, 6) is -2.86. The van der Waals surface area contributed by atoms with Crippen molar-refractivity contribution in [2.24, 2.45) is 11.8 Å². The summed E-state index contributed by atoms with van der Waals surface area (Å²) >= 11 is 0. The Labute approximate surface area is 160 Å². The van der Waals surface area contributed by atoms with Crippen LogP contribution in [0, 0.1) is 11.8 Å². The molecule has 2 aromatic carbocycles. The number of hydrogen-bond donors (Lipinski definition) is 4. The Morgan fingerprint density at radius 2 is 1.54 bits per heavy atom. The van der Waals surface area contributed by atoms with Gasteiger partial charge in [-0.2, -0.15) is 0 Å². The van der Waals surface area contributed by atoms with Gasteiger partial charge in [0.2, 0.25) is 5.75 Å². The predicted octanol–water partition coefficient (Wildman–Crippen LogP) is 1.79. The number of phenols is 3. The fourth-order valence-electron chi connectivity index (χ4n) is 4.26. The normalized spacial score (nSPS) is 25.6. The van der Waals surface area contributed by atoms with Gasteiger partial charge in [0.05, 0.1) is 32.8 Å². The molecule has 1 saturated heterocycles. The van der Waals surface area contributed by atoms with Crippen LogP contribution in [0.3, 0.4) is 0 Å². The Hall–Kier alpha value is -3.13. The number of ether oxygens (including phenoxy) is 3. The SMILES string of the molecule is COc1cc([C@@H]2c3cc(O)c(O)cc3[C@@H](O)[C@H]3COC(=O)[C@H]23)cc(OC)c1O. The zero-order chi connectivity index (χ0) is 20.2. The number of esters is 1. The van der Waals surface area contributed by atoms with E-state index in [1.807, 2.05) is 0 Å². The molecule has 0 aromatic heterocycles. The second-order valence-corrected chi connectivity index (χ2v) is 6.99. The minimum atomic E-state index is -1.03. The number of carbonyl (C=O) groups is 1. The van der Waals surface area contributed by atoms with Crippen molar-refractivity contribution < 1.29 is 39.4 Å². The highest BCUT2D eigenvalue weighted by atomic mass is 16.5. The minimum absolute atomic E-state index is 0.0502. The zero-order valence-electron chi connectivity index (χ0n) is 15.2. The van der Waals surface area contributed by atoms with E-state index >= 15 is 0 Å². The van der Waals surface area contributed by atoms with E-state index in [1.54, 1.807) is 12.1 Å². The van der Waals surface area contributed by atoms with E-state index < -0.39 is 29.8 Å². The molecular weight excluding hydrogens is 368 g/mol. The number of methoxy groups -OCH3 is 2. The van der Waals surface area contributed by atoms with E-state index in [-0.39, 0.29) is 35.4 Å². The van der Waals surface area contributed by atoms with Gasteiger partial charge in [-0.3, -0.25) is 4.79 Å². The summed E-state index contributed by atoms with van der Waals surface area (Å²) in [5, 5.41) is 40.9. The lowest BCUT2D eigenvalue weighted by molar-refractivity contribution is -0.141. The zero-order valence-corrected chi connectivity index (χ0v) is 15.2. The van der Waals surface area contributed by atoms with Crippen molar-refractivity contribution in [1.82, 2.24) is 0 Å². The molecule has 0 unspecified atom stereocenters. The lowest BCUT2D eigenvalue weighted by Crippen LogP contribution is -2.34. The van der Waals surface area contributed by atoms with Gasteiger partial charge in [-0.1, -0.05) is 0 Å². The third-order valence-electron chi connectivity index (χ3n) is 5.61. The third-order valence-corrected chi connectivity index (χ3v) is 5.61. The summed E-state index contributed by atoms with van der Waals surface area (Å²) in [7, 11) is 2.79. The van der Waals surface area contributed by atoms with Gasteiger partial charge in [-0.05, 0) is 41.0 Å². The standard InChI is InChI=1S/C20H20O8/c1-26-14-3-8(4-15(27-2)19(14)24)16-9-5-12(21)13(22)6-10(9)18(23)11-7-28-20(25)17(11)16/h3-6,11,16-18,21-24H,7H2,1-2H3/t11-,16+,17-,18+/m0/s1. The Bertz CT molecular complexity index is 928. The molecule has 1 heterocycles. The van der Waals surface area contributed by atoms with Gasteiger partial charge in [0.1, 0.15) is 0 Å². The van der Waals surface area contributed by atoms with E-state index in [1.165, 1.54) is 26.4 Å². The molecule has 0 radical (unpaired) electrons. The molecule has 4 rings (SSSR count). The molecule has 1 aliphatic carbocycles. The van der Waals surface area contributed by atoms with Gasteiger partial charge in [0, 0.05) is 11.8 Å². The summed E-state index contributed by atoms with van der Waals surface area (Å²) in [6.45, 7) is 0.0502. The molecule has 28 heavy (non-hydrogen) atoms. The van der Waals surface area contributed by atoms with Gasteiger partial charge < -0.3 is 34.6 Å². The number of phenolic OH excluding ortho intramolecular Hbond substituents is 3. The van der Waals surface area contributed by atoms with Crippen molar-refractivity contribution in [3.05, 3.63) is 41.0 Å². The summed E-state index contributed by atoms with van der Waals surface area (Å²) in [5.41, 5.74) is 1.47. The number of benzene rings is 2. The number of aliphatic hydroxyl groups excluding tert-OH is 1. The molecule has 4 atom stereocenters. The van der Waals surface area contributed by atoms with Crippen LogP contribution in [0.4, 0.5) is 0 Å². The van der Waals surface area contributed by atoms with Crippen LogP contribution in [0.5, 0.6) is 28.7 Å². The molecule has 0 spiro atoms. The second-order valence-electron chi connectivity index (χ2n) is 6.99. The van der Waals surface area contributed by atoms with E-state index in [2.05, 4.69) is 0 Å². The quantitative estimate of drug-likeness (QED) is 0.463. The molecule has 8 nitrogen and oxygen atoms in total. The number of fused-ring (bicyclic) bond motifs is 2. The average Bonchev–Trinajstić information content (AvgIpc) is 3.06. The molecule has 8 heteroatoms. The second kappa shape index (κ2) is 6.49. The predicted molar refractivity (Wildman–Crippen MR) is 95.7 cm³/mol. The van der Waals surface area contributed by atoms with Gasteiger partial charge >= 0.3 is 5.97 Å². The number of cyclic esters (lactones) is 1. The highest BCUT2D eigenvalue weighted by Crippen LogP contribution is 2.54. The number of hydrogen-bond acceptors (Lipinski definition) is 8. The van der Waals surface area contributed by atoms with E-state index in [0.29, 0.717) is 16.7 Å². The van der Waals surface area contributed by atoms with E-state index in [0.717, 1.165) is 0 Å². The van der Waals surface area contributed by atoms with Gasteiger partial charge in [0.15, 0.2) is 23.0 Å². The van der Waals surface area contributed by atoms with E-state index in [9.17, 15) is 25.2 Å². The first-order valence-corrected chi connectivity index (χ1v) is 8.72. The molecule has 2 aliphatic rings. The Morgan fingerprint density at radius 1 is 0.964 bits per heavy atom. The molecule has 0 saturated carbocycles. The van der Waals surface area contributed by atoms with Crippen LogP contribution < -0.4 is 9.47 Å². The Balaban J connectivity index is 1.98. The number of carbonyl (C=O) groups excluding carboxylic acids is 1. The fourth-order valence-corrected chi connectivity index (χ4v) is 4.26. The summed E-state index contributed by atoms with van der Waals surface area (Å²) in [6.07, 6.45) is -1.03. The number of aliphatic hydroxyl groups is 1. The summed E-state index contributed by atoms with van der Waals surface area (Å²) in [4.78, 5) is 12.5. The first-order chi connectivity index (χ1) is 13.4. The fraction of sp³-hybridized carbons (Fsp3) is 0.350. The minimum Gasteiger partial charge on any atom is -0.504 e. The van der Waals surface area contributed by atoms with Crippen molar-refractivity contribution in [2.75, 3.05) is 20.8 Å². The lowest BCUT2D eigenvalue weighted by atomic mass is 9.66. The van der Waals surface area contributed by atoms with Crippen molar-refractivity contribution in [1.29, 1.82) is 0 Å². The molecule has 0 amide bonds. The van der Waals surface area contributed by atoms with Crippen LogP contribution >= 0.6 is 0 Å². The van der Waals surface area contributed by atoms with Crippen LogP contribution in [0.15, 0.2) is 24.3 Å². The highest BCUT2D eigenvalue weighted by Gasteiger charge is 2.52. The highest BCUT2D eigenvalue weighted by molar-refractivity contribution is 5.78. The molecular formula is C20H20O8. The lowest BCUT2D eigenvalue weighted by Gasteiger charge is -2.37. The van der Waals surface area contributed by atoms with Crippen LogP contribution in [0.25, 0.3) is 0 Å². The maximum atomic E-state index is 12.5. The van der Waals surface area contributed by atoms with E-state index in [4.69, 9.17) is 14.2 Å². The molecule has 2 aromatic rings. The molecule has 4 N–H and O–H groups in total. The Morgan fingerprint density at radius 3 is 2.11 bits per heavy atom. The monoisotopic (exact) mass is 388 g/mol. The molecule has 1 aliphatic heterocycles. The number of aromatic hydroxyl groups is 3. The van der Waals surface area contributed by atoms with Crippen molar-refractivity contribution in [2.45, 2.75) is 12.0 Å². The van der Waals surface area contributed by atoms with Gasteiger partial charge in [-0.25, -0.2) is 0 Å². The third kappa shape index (κ3) is 2.52. The topological polar surface area (TPSA) is 126 Å². The first-order valence-electron chi connectivity index (χ1n) is 8.72. The maximum absolute atomic E-state index is 12.5. The van der Waals surface area contributed by atoms with Crippen LogP contribution in [-0.2, 0) is 9.53 Å². The van der Waals surface area contributed by atoms with Crippen molar-refractivity contribution in [3.8, 4) is 28.7 Å². The van der Waals surface area contributed by atoms with Crippen molar-refractivity contribution >= 4 is 5.97 Å². The smallest absolute Gasteiger partial charge is 0.310 e. The van der Waals surface area contributed by atoms with Crippen LogP contribution in [-0.4, -0.2) is 47.2 Å². The van der Waals surface area contributed by atoms with Gasteiger partial charge in [0.25, 0.3) is 0 Å². The number of rotatable bonds is 3. The molecule has 148 valence electrons. The Kier molecular flexibility index (Phi) is 4.23. The maximum Gasteiger partial charge on any atom is 0.310 e. The largest absolute Gasteiger partial charge is 0.504 e. The van der Waals surface area contributed by atoms with Crippen molar-refractivity contribution in [3.63, 3.8) is 0 Å².